The van der Waals surface area contributed by atoms with E-state index in [9.17, 15) is 4.79 Å². The summed E-state index contributed by atoms with van der Waals surface area (Å²) in [4.78, 5) is 11.9. The minimum absolute atomic E-state index is 0.0650. The number of ether oxygens (including phenoxy) is 1. The number of aryl methyl sites for hydroxylation is 1. The van der Waals surface area contributed by atoms with E-state index in [0.717, 1.165) is 28.5 Å². The fourth-order valence-electron chi connectivity index (χ4n) is 1.88. The minimum atomic E-state index is -0.209. The van der Waals surface area contributed by atoms with Crippen molar-refractivity contribution in [1.82, 2.24) is 8.75 Å². The molecule has 0 fully saturated rings. The number of benzene rings is 2. The van der Waals surface area contributed by atoms with E-state index in [-0.39, 0.29) is 12.5 Å². The monoisotopic (exact) mass is 299 g/mol. The third-order valence-electron chi connectivity index (χ3n) is 2.94. The first-order valence-electron chi connectivity index (χ1n) is 6.43. The Kier molecular flexibility index (Phi) is 3.79. The number of hydrogen-bond donors (Lipinski definition) is 1. The molecule has 0 bridgehead atoms. The van der Waals surface area contributed by atoms with Crippen LogP contribution in [0.1, 0.15) is 5.56 Å². The van der Waals surface area contributed by atoms with E-state index >= 15 is 0 Å². The average Bonchev–Trinajstić information content (AvgIpc) is 2.96. The van der Waals surface area contributed by atoms with Crippen LogP contribution in [0.5, 0.6) is 5.75 Å². The predicted molar refractivity (Wildman–Crippen MR) is 82.7 cm³/mol. The van der Waals surface area contributed by atoms with Gasteiger partial charge in [0.15, 0.2) is 6.61 Å². The molecule has 0 spiro atoms. The van der Waals surface area contributed by atoms with Gasteiger partial charge in [-0.1, -0.05) is 23.8 Å². The molecule has 0 radical (unpaired) electrons. The van der Waals surface area contributed by atoms with Gasteiger partial charge in [0.25, 0.3) is 5.91 Å². The molecule has 1 amide bonds. The van der Waals surface area contributed by atoms with E-state index < -0.39 is 0 Å². The van der Waals surface area contributed by atoms with Crippen molar-refractivity contribution in [3.05, 3.63) is 48.0 Å². The summed E-state index contributed by atoms with van der Waals surface area (Å²) in [6.07, 6.45) is 0. The van der Waals surface area contributed by atoms with E-state index in [1.807, 2.05) is 43.3 Å². The molecule has 1 aromatic heterocycles. The van der Waals surface area contributed by atoms with Gasteiger partial charge in [0, 0.05) is 5.69 Å². The van der Waals surface area contributed by atoms with Crippen LogP contribution in [-0.2, 0) is 4.79 Å². The van der Waals surface area contributed by atoms with Crippen molar-refractivity contribution in [3.63, 3.8) is 0 Å². The normalized spacial score (nSPS) is 10.5. The number of aromatic nitrogens is 2. The molecule has 2 aromatic carbocycles. The van der Waals surface area contributed by atoms with Crippen LogP contribution < -0.4 is 10.1 Å². The molecule has 0 saturated carbocycles. The van der Waals surface area contributed by atoms with Gasteiger partial charge in [-0.25, -0.2) is 0 Å². The molecule has 3 rings (SSSR count). The molecule has 3 aromatic rings. The van der Waals surface area contributed by atoms with Crippen LogP contribution in [0.25, 0.3) is 11.0 Å². The number of fused-ring (bicyclic) bond motifs is 1. The number of carbonyl (C=O) groups is 1. The molecule has 5 nitrogen and oxygen atoms in total. The number of hydrogen-bond acceptors (Lipinski definition) is 5. The number of amides is 1. The summed E-state index contributed by atoms with van der Waals surface area (Å²) in [6.45, 7) is 1.93. The fraction of sp³-hybridized carbons (Fsp3) is 0.133. The van der Waals surface area contributed by atoms with Crippen molar-refractivity contribution < 1.29 is 9.53 Å². The van der Waals surface area contributed by atoms with Crippen LogP contribution in [0.4, 0.5) is 5.69 Å². The van der Waals surface area contributed by atoms with E-state index in [0.29, 0.717) is 11.3 Å². The number of nitrogens with zero attached hydrogens (tertiary/aromatic N) is 2. The zero-order chi connectivity index (χ0) is 14.7. The summed E-state index contributed by atoms with van der Waals surface area (Å²) in [5.41, 5.74) is 3.36. The average molecular weight is 299 g/mol. The molecule has 0 aliphatic rings. The highest BCUT2D eigenvalue weighted by Crippen LogP contribution is 2.23. The summed E-state index contributed by atoms with van der Waals surface area (Å²) in [6, 6.07) is 13.1. The zero-order valence-corrected chi connectivity index (χ0v) is 12.2. The molecule has 0 aliphatic carbocycles. The number of carbonyl (C=O) groups excluding carboxylic acids is 1. The van der Waals surface area contributed by atoms with E-state index in [1.165, 1.54) is 0 Å². The summed E-state index contributed by atoms with van der Waals surface area (Å²) >= 11 is 1.12. The Morgan fingerprint density at radius 1 is 1.19 bits per heavy atom. The highest BCUT2D eigenvalue weighted by Gasteiger charge is 2.08. The van der Waals surface area contributed by atoms with Crippen molar-refractivity contribution in [1.29, 1.82) is 0 Å². The fourth-order valence-corrected chi connectivity index (χ4v) is 2.42. The van der Waals surface area contributed by atoms with Gasteiger partial charge in [0.1, 0.15) is 16.8 Å². The molecule has 1 N–H and O–H groups in total. The molecule has 1 heterocycles. The van der Waals surface area contributed by atoms with Gasteiger partial charge in [0.2, 0.25) is 0 Å². The zero-order valence-electron chi connectivity index (χ0n) is 11.4. The summed E-state index contributed by atoms with van der Waals surface area (Å²) < 4.78 is 13.8. The molecule has 0 saturated heterocycles. The molecule has 6 heteroatoms. The van der Waals surface area contributed by atoms with Gasteiger partial charge >= 0.3 is 0 Å². The van der Waals surface area contributed by atoms with Crippen molar-refractivity contribution in [3.8, 4) is 5.75 Å². The van der Waals surface area contributed by atoms with Crippen LogP contribution in [0.2, 0.25) is 0 Å². The van der Waals surface area contributed by atoms with E-state index in [2.05, 4.69) is 14.1 Å². The van der Waals surface area contributed by atoms with Crippen molar-refractivity contribution in [2.45, 2.75) is 6.92 Å². The Morgan fingerprint density at radius 2 is 2.00 bits per heavy atom. The maximum Gasteiger partial charge on any atom is 0.262 e. The molecule has 0 aliphatic heterocycles. The lowest BCUT2D eigenvalue weighted by atomic mass is 10.2. The second-order valence-electron chi connectivity index (χ2n) is 4.59. The number of anilines is 1. The maximum atomic E-state index is 11.9. The van der Waals surface area contributed by atoms with E-state index in [4.69, 9.17) is 4.74 Å². The summed E-state index contributed by atoms with van der Waals surface area (Å²) in [7, 11) is 0. The molecule has 21 heavy (non-hydrogen) atoms. The quantitative estimate of drug-likeness (QED) is 0.804. The predicted octanol–water partition coefficient (Wildman–Crippen LogP) is 3.02. The highest BCUT2D eigenvalue weighted by atomic mass is 32.1. The lowest BCUT2D eigenvalue weighted by Gasteiger charge is -2.08. The first kappa shape index (κ1) is 13.5. The van der Waals surface area contributed by atoms with Crippen LogP contribution in [0.3, 0.4) is 0 Å². The third kappa shape index (κ3) is 3.17. The third-order valence-corrected chi connectivity index (χ3v) is 3.49. The molecule has 106 valence electrons. The Bertz CT molecular complexity index is 768. The van der Waals surface area contributed by atoms with Gasteiger partial charge < -0.3 is 10.1 Å². The number of rotatable bonds is 4. The Morgan fingerprint density at radius 3 is 2.81 bits per heavy atom. The standard InChI is InChI=1S/C15H13N3O2S/c1-10-5-7-11(8-6-10)16-14(19)9-20-13-4-2-3-12-15(13)18-21-17-12/h2-8H,9H2,1H3,(H,16,19). The largest absolute Gasteiger partial charge is 0.481 e. The van der Waals surface area contributed by atoms with Gasteiger partial charge in [-0.15, -0.1) is 0 Å². The van der Waals surface area contributed by atoms with Gasteiger partial charge in [-0.3, -0.25) is 4.79 Å². The SMILES string of the molecule is Cc1ccc(NC(=O)COc2cccc3nsnc23)cc1. The Balaban J connectivity index is 1.63. The Labute approximate surface area is 125 Å². The van der Waals surface area contributed by atoms with E-state index in [1.54, 1.807) is 6.07 Å². The van der Waals surface area contributed by atoms with Crippen LogP contribution >= 0.6 is 11.7 Å². The van der Waals surface area contributed by atoms with Gasteiger partial charge in [-0.2, -0.15) is 8.75 Å². The Hall–Kier alpha value is -2.47. The first-order chi connectivity index (χ1) is 10.2. The highest BCUT2D eigenvalue weighted by molar-refractivity contribution is 7.00. The summed E-state index contributed by atoms with van der Waals surface area (Å²) in [5, 5.41) is 2.78. The molecule has 0 unspecified atom stereocenters. The molecular weight excluding hydrogens is 286 g/mol. The maximum absolute atomic E-state index is 11.9. The first-order valence-corrected chi connectivity index (χ1v) is 7.16. The second kappa shape index (κ2) is 5.88. The lowest BCUT2D eigenvalue weighted by Crippen LogP contribution is -2.20. The van der Waals surface area contributed by atoms with Crippen molar-refractivity contribution in [2.75, 3.05) is 11.9 Å². The smallest absolute Gasteiger partial charge is 0.262 e. The topological polar surface area (TPSA) is 64.1 Å². The van der Waals surface area contributed by atoms with Gasteiger partial charge in [-0.05, 0) is 31.2 Å². The molecular formula is C15H13N3O2S. The minimum Gasteiger partial charge on any atom is -0.481 e. The van der Waals surface area contributed by atoms with Gasteiger partial charge in [0.05, 0.1) is 11.7 Å². The number of nitrogens with one attached hydrogen (secondary N) is 1. The van der Waals surface area contributed by atoms with Crippen molar-refractivity contribution >= 4 is 34.4 Å². The second-order valence-corrected chi connectivity index (χ2v) is 5.12. The summed E-state index contributed by atoms with van der Waals surface area (Å²) in [5.74, 6) is 0.361. The van der Waals surface area contributed by atoms with Crippen LogP contribution in [-0.4, -0.2) is 21.3 Å². The van der Waals surface area contributed by atoms with Crippen molar-refractivity contribution in [2.24, 2.45) is 0 Å². The van der Waals surface area contributed by atoms with Crippen LogP contribution in [0, 0.1) is 6.92 Å². The van der Waals surface area contributed by atoms with Crippen LogP contribution in [0.15, 0.2) is 42.5 Å². The lowest BCUT2D eigenvalue weighted by molar-refractivity contribution is -0.118. The molecule has 0 atom stereocenters.